The number of thioether (sulfide) groups is 1. The maximum absolute atomic E-state index is 13.3. The lowest BCUT2D eigenvalue weighted by Gasteiger charge is -2.32. The first kappa shape index (κ1) is 16.4. The van der Waals surface area contributed by atoms with Crippen molar-refractivity contribution in [1.29, 1.82) is 0 Å². The summed E-state index contributed by atoms with van der Waals surface area (Å²) in [6.45, 7) is 8.40. The highest BCUT2D eigenvalue weighted by Crippen LogP contribution is 2.23. The van der Waals surface area contributed by atoms with Crippen LogP contribution in [0.25, 0.3) is 0 Å². The van der Waals surface area contributed by atoms with Crippen LogP contribution in [0.3, 0.4) is 0 Å². The minimum absolute atomic E-state index is 0.0331. The summed E-state index contributed by atoms with van der Waals surface area (Å²) in [5, 5.41) is 12.5. The molecule has 0 aliphatic carbocycles. The van der Waals surface area contributed by atoms with E-state index >= 15 is 0 Å². The fourth-order valence-corrected chi connectivity index (χ4v) is 4.01. The van der Waals surface area contributed by atoms with Crippen LogP contribution in [-0.2, 0) is 5.54 Å². The zero-order valence-electron chi connectivity index (χ0n) is 13.8. The molecule has 1 aliphatic rings. The first-order chi connectivity index (χ1) is 11.0. The summed E-state index contributed by atoms with van der Waals surface area (Å²) >= 11 is 1.98. The van der Waals surface area contributed by atoms with Gasteiger partial charge in [-0.05, 0) is 55.5 Å². The minimum atomic E-state index is -0.216. The van der Waals surface area contributed by atoms with Gasteiger partial charge in [0.1, 0.15) is 5.82 Å². The summed E-state index contributed by atoms with van der Waals surface area (Å²) in [5.74, 6) is 2.90. The molecule has 1 saturated heterocycles. The average Bonchev–Trinajstić information content (AvgIpc) is 3.00. The van der Waals surface area contributed by atoms with Gasteiger partial charge in [-0.15, -0.1) is 5.10 Å². The van der Waals surface area contributed by atoms with Crippen molar-refractivity contribution in [3.8, 4) is 0 Å². The first-order valence-corrected chi connectivity index (χ1v) is 9.09. The minimum Gasteiger partial charge on any atom is -0.321 e. The molecule has 124 valence electrons. The van der Waals surface area contributed by atoms with Gasteiger partial charge in [0.25, 0.3) is 0 Å². The molecule has 1 N–H and O–H groups in total. The van der Waals surface area contributed by atoms with Crippen LogP contribution in [0, 0.1) is 5.82 Å². The van der Waals surface area contributed by atoms with Gasteiger partial charge in [0, 0.05) is 17.1 Å². The van der Waals surface area contributed by atoms with Gasteiger partial charge < -0.3 is 4.90 Å². The van der Waals surface area contributed by atoms with Gasteiger partial charge in [-0.1, -0.05) is 0 Å². The smallest absolute Gasteiger partial charge is 0.214 e. The summed E-state index contributed by atoms with van der Waals surface area (Å²) < 4.78 is 15.2. The second-order valence-corrected chi connectivity index (χ2v) is 8.10. The zero-order valence-corrected chi connectivity index (χ0v) is 14.6. The predicted molar refractivity (Wildman–Crippen MR) is 89.1 cm³/mol. The van der Waals surface area contributed by atoms with E-state index in [1.165, 1.54) is 17.0 Å². The molecule has 1 aromatic heterocycles. The van der Waals surface area contributed by atoms with Crippen LogP contribution in [0.4, 0.5) is 4.39 Å². The Hall–Kier alpha value is -1.47. The number of hydrogen-bond donors (Lipinski definition) is 1. The molecule has 1 aliphatic heterocycles. The summed E-state index contributed by atoms with van der Waals surface area (Å²) in [7, 11) is 0. The molecular formula is C16H23FN5S+. The SMILES string of the molecule is CC(C)(C)n1nnnc1[C@@H](c1ccc(F)cc1)[NH+]1CCSCC1. The Morgan fingerprint density at radius 3 is 2.43 bits per heavy atom. The fourth-order valence-electron chi connectivity index (χ4n) is 3.00. The summed E-state index contributed by atoms with van der Waals surface area (Å²) in [6, 6.07) is 6.79. The average molecular weight is 336 g/mol. The first-order valence-electron chi connectivity index (χ1n) is 7.93. The Balaban J connectivity index is 2.05. The van der Waals surface area contributed by atoms with E-state index in [9.17, 15) is 4.39 Å². The van der Waals surface area contributed by atoms with E-state index in [-0.39, 0.29) is 17.4 Å². The highest BCUT2D eigenvalue weighted by molar-refractivity contribution is 7.99. The predicted octanol–water partition coefficient (Wildman–Crippen LogP) is 1.29. The quantitative estimate of drug-likeness (QED) is 0.918. The highest BCUT2D eigenvalue weighted by atomic mass is 32.2. The van der Waals surface area contributed by atoms with E-state index < -0.39 is 0 Å². The molecule has 5 nitrogen and oxygen atoms in total. The third kappa shape index (κ3) is 3.55. The molecule has 0 radical (unpaired) electrons. The lowest BCUT2D eigenvalue weighted by Crippen LogP contribution is -3.14. The van der Waals surface area contributed by atoms with Gasteiger partial charge in [0.05, 0.1) is 18.6 Å². The number of nitrogens with one attached hydrogen (secondary N) is 1. The molecule has 0 spiro atoms. The Labute approximate surface area is 140 Å². The monoisotopic (exact) mass is 336 g/mol. The van der Waals surface area contributed by atoms with E-state index in [0.29, 0.717) is 0 Å². The van der Waals surface area contributed by atoms with Gasteiger partial charge >= 0.3 is 0 Å². The van der Waals surface area contributed by atoms with Crippen molar-refractivity contribution in [2.75, 3.05) is 24.6 Å². The van der Waals surface area contributed by atoms with Crippen molar-refractivity contribution in [2.45, 2.75) is 32.4 Å². The lowest BCUT2D eigenvalue weighted by atomic mass is 10.0. The van der Waals surface area contributed by atoms with E-state index in [0.717, 1.165) is 36.0 Å². The number of nitrogens with zero attached hydrogens (tertiary/aromatic N) is 4. The van der Waals surface area contributed by atoms with Crippen molar-refractivity contribution < 1.29 is 9.29 Å². The Kier molecular flexibility index (Phi) is 4.68. The topological polar surface area (TPSA) is 48.0 Å². The molecule has 1 atom stereocenters. The van der Waals surface area contributed by atoms with Crippen molar-refractivity contribution in [1.82, 2.24) is 20.2 Å². The van der Waals surface area contributed by atoms with Gasteiger partial charge in [0.15, 0.2) is 6.04 Å². The molecule has 0 amide bonds. The molecule has 2 aromatic rings. The van der Waals surface area contributed by atoms with E-state index in [1.54, 1.807) is 0 Å². The maximum Gasteiger partial charge on any atom is 0.214 e. The van der Waals surface area contributed by atoms with Gasteiger partial charge in [-0.25, -0.2) is 9.07 Å². The van der Waals surface area contributed by atoms with E-state index in [1.807, 2.05) is 28.6 Å². The maximum atomic E-state index is 13.3. The number of aromatic nitrogens is 4. The molecular weight excluding hydrogens is 313 g/mol. The third-order valence-corrected chi connectivity index (χ3v) is 5.12. The number of halogens is 1. The fraction of sp³-hybridized carbons (Fsp3) is 0.562. The van der Waals surface area contributed by atoms with Gasteiger partial charge in [0.2, 0.25) is 5.82 Å². The number of tetrazole rings is 1. The van der Waals surface area contributed by atoms with Crippen molar-refractivity contribution in [2.24, 2.45) is 0 Å². The number of benzene rings is 1. The van der Waals surface area contributed by atoms with Crippen molar-refractivity contribution in [3.63, 3.8) is 0 Å². The molecule has 2 heterocycles. The van der Waals surface area contributed by atoms with E-state index in [4.69, 9.17) is 0 Å². The molecule has 0 unspecified atom stereocenters. The Morgan fingerprint density at radius 2 is 1.83 bits per heavy atom. The van der Waals surface area contributed by atoms with Gasteiger partial charge in [-0.2, -0.15) is 11.8 Å². The highest BCUT2D eigenvalue weighted by Gasteiger charge is 2.35. The normalized spacial score (nSPS) is 18.1. The summed E-state index contributed by atoms with van der Waals surface area (Å²) in [4.78, 5) is 1.44. The third-order valence-electron chi connectivity index (χ3n) is 4.13. The summed E-state index contributed by atoms with van der Waals surface area (Å²) in [5.41, 5.74) is 0.870. The van der Waals surface area contributed by atoms with Crippen LogP contribution in [0.2, 0.25) is 0 Å². The van der Waals surface area contributed by atoms with Crippen LogP contribution in [0.5, 0.6) is 0 Å². The Bertz CT molecular complexity index is 643. The second kappa shape index (κ2) is 6.57. The van der Waals surface area contributed by atoms with Crippen molar-refractivity contribution in [3.05, 3.63) is 41.5 Å². The van der Waals surface area contributed by atoms with Crippen LogP contribution >= 0.6 is 11.8 Å². The standard InChI is InChI=1S/C16H22FN5S/c1-16(2,3)22-15(18-19-20-22)14(21-8-10-23-11-9-21)12-4-6-13(17)7-5-12/h4-7,14H,8-11H2,1-3H3/p+1/t14-/m1/s1. The Morgan fingerprint density at radius 1 is 1.17 bits per heavy atom. The molecule has 1 aromatic carbocycles. The van der Waals surface area contributed by atoms with Crippen molar-refractivity contribution >= 4 is 11.8 Å². The largest absolute Gasteiger partial charge is 0.321 e. The summed E-state index contributed by atoms with van der Waals surface area (Å²) in [6.07, 6.45) is 0. The number of hydrogen-bond acceptors (Lipinski definition) is 4. The molecule has 23 heavy (non-hydrogen) atoms. The van der Waals surface area contributed by atoms with Crippen LogP contribution < -0.4 is 4.90 Å². The molecule has 0 saturated carbocycles. The second-order valence-electron chi connectivity index (χ2n) is 6.87. The van der Waals surface area contributed by atoms with E-state index in [2.05, 4.69) is 36.3 Å². The number of quaternary nitrogens is 1. The zero-order chi connectivity index (χ0) is 16.4. The van der Waals surface area contributed by atoms with Gasteiger partial charge in [-0.3, -0.25) is 0 Å². The molecule has 1 fully saturated rings. The molecule has 7 heteroatoms. The molecule has 3 rings (SSSR count). The molecule has 0 bridgehead atoms. The van der Waals surface area contributed by atoms with Crippen LogP contribution in [0.1, 0.15) is 38.2 Å². The van der Waals surface area contributed by atoms with Crippen LogP contribution in [-0.4, -0.2) is 44.8 Å². The number of rotatable bonds is 3. The lowest BCUT2D eigenvalue weighted by molar-refractivity contribution is -0.922. The van der Waals surface area contributed by atoms with Crippen LogP contribution in [0.15, 0.2) is 24.3 Å².